The van der Waals surface area contributed by atoms with Gasteiger partial charge in [0.05, 0.1) is 0 Å². The number of ether oxygens (including phenoxy) is 3. The summed E-state index contributed by atoms with van der Waals surface area (Å²) >= 11 is 5.77. The summed E-state index contributed by atoms with van der Waals surface area (Å²) in [6, 6.07) is 15.9. The first-order valence-electron chi connectivity index (χ1n) is 13.0. The molecule has 7 nitrogen and oxygen atoms in total. The van der Waals surface area contributed by atoms with E-state index in [1.54, 1.807) is 6.92 Å². The smallest absolute Gasteiger partial charge is 0.407 e. The molecule has 0 saturated heterocycles. The van der Waals surface area contributed by atoms with E-state index in [1.807, 2.05) is 57.2 Å². The highest BCUT2D eigenvalue weighted by molar-refractivity contribution is 6.29. The number of nitrogens with one attached hydrogen (secondary N) is 1. The largest absolute Gasteiger partial charge is 0.490 e. The van der Waals surface area contributed by atoms with E-state index in [4.69, 9.17) is 25.8 Å². The lowest BCUT2D eigenvalue weighted by Gasteiger charge is -2.36. The molecule has 0 spiro atoms. The van der Waals surface area contributed by atoms with Crippen molar-refractivity contribution in [2.24, 2.45) is 0 Å². The molecule has 0 bridgehead atoms. The maximum atomic E-state index is 14.2. The van der Waals surface area contributed by atoms with Crippen LogP contribution in [0.15, 0.2) is 54.9 Å². The minimum atomic E-state index is -0.675. The van der Waals surface area contributed by atoms with E-state index in [9.17, 15) is 9.18 Å². The Labute approximate surface area is 234 Å². The summed E-state index contributed by atoms with van der Waals surface area (Å²) in [5, 5.41) is 2.66. The van der Waals surface area contributed by atoms with Crippen LogP contribution in [0.2, 0.25) is 5.15 Å². The molecule has 0 unspecified atom stereocenters. The van der Waals surface area contributed by atoms with Crippen LogP contribution in [0, 0.1) is 5.82 Å². The fourth-order valence-corrected chi connectivity index (χ4v) is 4.56. The standard InChI is InChI=1S/C30H35ClFN3O4/c1-18(26-25(32)27(31)34-17-33-26)37-22-11-7-19(8-12-22)30(5,6)20-9-13-23(14-10-20)38-24-15-21(16-24)35-28(36)39-29(2,3)4/h7-14,17-18,21,24H,15-16H2,1-6H3,(H,35,36)/t18-,21?,24?/m1/s1. The molecule has 1 aliphatic rings. The van der Waals surface area contributed by atoms with E-state index >= 15 is 0 Å². The predicted molar refractivity (Wildman–Crippen MR) is 148 cm³/mol. The Morgan fingerprint density at radius 1 is 0.974 bits per heavy atom. The highest BCUT2D eigenvalue weighted by Crippen LogP contribution is 2.35. The molecule has 1 saturated carbocycles. The fraction of sp³-hybridized carbons (Fsp3) is 0.433. The quantitative estimate of drug-likeness (QED) is 0.297. The van der Waals surface area contributed by atoms with Crippen LogP contribution < -0.4 is 14.8 Å². The molecule has 4 rings (SSSR count). The number of rotatable bonds is 8. The van der Waals surface area contributed by atoms with Gasteiger partial charge in [0.15, 0.2) is 11.0 Å². The summed E-state index contributed by atoms with van der Waals surface area (Å²) in [5.74, 6) is 0.719. The van der Waals surface area contributed by atoms with E-state index in [2.05, 4.69) is 41.3 Å². The Bertz CT molecular complexity index is 1290. The third-order valence-corrected chi connectivity index (χ3v) is 7.01. The molecule has 1 atom stereocenters. The summed E-state index contributed by atoms with van der Waals surface area (Å²) in [6.45, 7) is 11.6. The number of aromatic nitrogens is 2. The van der Waals surface area contributed by atoms with Crippen molar-refractivity contribution in [2.75, 3.05) is 0 Å². The van der Waals surface area contributed by atoms with Crippen LogP contribution in [-0.2, 0) is 10.2 Å². The van der Waals surface area contributed by atoms with Crippen molar-refractivity contribution >= 4 is 17.7 Å². The monoisotopic (exact) mass is 555 g/mol. The van der Waals surface area contributed by atoms with Gasteiger partial charge in [-0.15, -0.1) is 0 Å². The van der Waals surface area contributed by atoms with Gasteiger partial charge in [-0.05, 0) is 63.1 Å². The lowest BCUT2D eigenvalue weighted by Crippen LogP contribution is -2.50. The zero-order valence-electron chi connectivity index (χ0n) is 23.1. The van der Waals surface area contributed by atoms with Gasteiger partial charge in [-0.3, -0.25) is 0 Å². The molecule has 1 aromatic heterocycles. The highest BCUT2D eigenvalue weighted by atomic mass is 35.5. The summed E-state index contributed by atoms with van der Waals surface area (Å²) in [4.78, 5) is 19.5. The van der Waals surface area contributed by atoms with Crippen molar-refractivity contribution in [3.63, 3.8) is 0 Å². The number of halogens is 2. The number of carbonyl (C=O) groups excluding carboxylic acids is 1. The summed E-state index contributed by atoms with van der Waals surface area (Å²) in [6.07, 6.45) is 1.75. The first-order chi connectivity index (χ1) is 18.3. The number of benzene rings is 2. The van der Waals surface area contributed by atoms with Crippen molar-refractivity contribution in [2.45, 2.75) is 83.6 Å². The number of hydrogen-bond acceptors (Lipinski definition) is 6. The second-order valence-electron chi connectivity index (χ2n) is 11.4. The SMILES string of the molecule is C[C@@H](Oc1ccc(C(C)(C)c2ccc(OC3CC(NC(=O)OC(C)(C)C)C3)cc2)cc1)c1ncnc(Cl)c1F. The van der Waals surface area contributed by atoms with Crippen molar-refractivity contribution in [3.8, 4) is 11.5 Å². The van der Waals surface area contributed by atoms with Crippen LogP contribution in [-0.4, -0.2) is 33.8 Å². The van der Waals surface area contributed by atoms with Gasteiger partial charge in [0.25, 0.3) is 0 Å². The van der Waals surface area contributed by atoms with E-state index in [0.29, 0.717) is 5.75 Å². The highest BCUT2D eigenvalue weighted by Gasteiger charge is 2.33. The molecule has 1 heterocycles. The second-order valence-corrected chi connectivity index (χ2v) is 11.7. The van der Waals surface area contributed by atoms with E-state index in [1.165, 1.54) is 6.33 Å². The van der Waals surface area contributed by atoms with Crippen molar-refractivity contribution in [3.05, 3.63) is 82.6 Å². The molecule has 3 aromatic rings. The van der Waals surface area contributed by atoms with Gasteiger partial charge >= 0.3 is 6.09 Å². The maximum Gasteiger partial charge on any atom is 0.407 e. The zero-order valence-corrected chi connectivity index (χ0v) is 23.9. The van der Waals surface area contributed by atoms with Crippen molar-refractivity contribution in [1.29, 1.82) is 0 Å². The lowest BCUT2D eigenvalue weighted by molar-refractivity contribution is 0.0363. The van der Waals surface area contributed by atoms with E-state index in [-0.39, 0.29) is 28.4 Å². The van der Waals surface area contributed by atoms with Gasteiger partial charge in [0, 0.05) is 24.3 Å². The van der Waals surface area contributed by atoms with Crippen LogP contribution >= 0.6 is 11.6 Å². The molecule has 0 radical (unpaired) electrons. The second kappa shape index (κ2) is 11.4. The summed E-state index contributed by atoms with van der Waals surface area (Å²) in [5.41, 5.74) is 1.56. The molecule has 2 aromatic carbocycles. The number of alkyl carbamates (subject to hydrolysis) is 1. The Hall–Kier alpha value is -3.39. The van der Waals surface area contributed by atoms with Crippen molar-refractivity contribution < 1.29 is 23.4 Å². The predicted octanol–water partition coefficient (Wildman–Crippen LogP) is 7.17. The Morgan fingerprint density at radius 2 is 1.54 bits per heavy atom. The van der Waals surface area contributed by atoms with Crippen LogP contribution in [0.4, 0.5) is 9.18 Å². The minimum Gasteiger partial charge on any atom is -0.490 e. The summed E-state index contributed by atoms with van der Waals surface area (Å²) in [7, 11) is 0. The lowest BCUT2D eigenvalue weighted by atomic mass is 9.78. The van der Waals surface area contributed by atoms with Gasteiger partial charge in [-0.2, -0.15) is 0 Å². The fourth-order valence-electron chi connectivity index (χ4n) is 4.42. The first-order valence-corrected chi connectivity index (χ1v) is 13.4. The minimum absolute atomic E-state index is 0.0607. The molecule has 9 heteroatoms. The molecule has 1 aliphatic carbocycles. The van der Waals surface area contributed by atoms with Crippen molar-refractivity contribution in [1.82, 2.24) is 15.3 Å². The number of carbonyl (C=O) groups is 1. The molecular weight excluding hydrogens is 521 g/mol. The number of amides is 1. The number of nitrogens with zero attached hydrogens (tertiary/aromatic N) is 2. The summed E-state index contributed by atoms with van der Waals surface area (Å²) < 4.78 is 31.5. The maximum absolute atomic E-state index is 14.2. The molecule has 39 heavy (non-hydrogen) atoms. The molecule has 1 N–H and O–H groups in total. The zero-order chi connectivity index (χ0) is 28.4. The van der Waals surface area contributed by atoms with Gasteiger partial charge < -0.3 is 19.5 Å². The molecular formula is C30H35ClFN3O4. The Kier molecular flexibility index (Phi) is 8.35. The van der Waals surface area contributed by atoms with Crippen LogP contribution in [0.3, 0.4) is 0 Å². The van der Waals surface area contributed by atoms with Gasteiger partial charge in [-0.25, -0.2) is 19.2 Å². The third kappa shape index (κ3) is 7.18. The molecule has 1 fully saturated rings. The Balaban J connectivity index is 1.31. The van der Waals surface area contributed by atoms with Crippen LogP contribution in [0.5, 0.6) is 11.5 Å². The van der Waals surface area contributed by atoms with E-state index in [0.717, 1.165) is 29.7 Å². The van der Waals surface area contributed by atoms with Gasteiger partial charge in [-0.1, -0.05) is 49.7 Å². The number of hydrogen-bond donors (Lipinski definition) is 1. The van der Waals surface area contributed by atoms with Gasteiger partial charge in [0.2, 0.25) is 0 Å². The topological polar surface area (TPSA) is 82.6 Å². The normalized spacial score (nSPS) is 18.1. The average molecular weight is 556 g/mol. The van der Waals surface area contributed by atoms with Crippen LogP contribution in [0.25, 0.3) is 0 Å². The van der Waals surface area contributed by atoms with Crippen LogP contribution in [0.1, 0.15) is 77.3 Å². The first kappa shape index (κ1) is 28.6. The third-order valence-electron chi connectivity index (χ3n) is 6.74. The molecule has 1 amide bonds. The Morgan fingerprint density at radius 3 is 2.10 bits per heavy atom. The molecule has 0 aliphatic heterocycles. The van der Waals surface area contributed by atoms with E-state index < -0.39 is 23.6 Å². The average Bonchev–Trinajstić information content (AvgIpc) is 2.84. The van der Waals surface area contributed by atoms with Gasteiger partial charge in [0.1, 0.15) is 41.3 Å². The molecule has 208 valence electrons.